The van der Waals surface area contributed by atoms with Gasteiger partial charge in [-0.2, -0.15) is 0 Å². The van der Waals surface area contributed by atoms with Gasteiger partial charge in [0.1, 0.15) is 5.82 Å². The summed E-state index contributed by atoms with van der Waals surface area (Å²) in [5.41, 5.74) is 0.748. The molecule has 23 heteroatoms. The predicted octanol–water partition coefficient (Wildman–Crippen LogP) is 10.7. The zero-order chi connectivity index (χ0) is 54.7. The molecule has 8 rings (SSSR count). The zero-order valence-electron chi connectivity index (χ0n) is 39.4. The van der Waals surface area contributed by atoms with Gasteiger partial charge in [-0.25, -0.2) is 4.39 Å². The Labute approximate surface area is 429 Å². The van der Waals surface area contributed by atoms with Crippen LogP contribution in [0.25, 0.3) is 0 Å². The van der Waals surface area contributed by atoms with Crippen LogP contribution in [0.4, 0.5) is 55.6 Å². The molecule has 0 aliphatic carbocycles. The maximum atomic E-state index is 13.8. The van der Waals surface area contributed by atoms with Crippen LogP contribution < -0.4 is 31.9 Å². The number of non-ortho nitro benzene ring substituents is 3. The van der Waals surface area contributed by atoms with Gasteiger partial charge in [0, 0.05) is 60.4 Å². The van der Waals surface area contributed by atoms with Gasteiger partial charge in [-0.15, -0.1) is 0 Å². The highest BCUT2D eigenvalue weighted by Crippen LogP contribution is 2.27. The van der Waals surface area contributed by atoms with Crippen molar-refractivity contribution in [2.24, 2.45) is 0 Å². The quantitative estimate of drug-likeness (QED) is 0.0436. The monoisotopic (exact) mass is 1030 g/mol. The first-order valence-electron chi connectivity index (χ1n) is 22.1. The molecule has 0 fully saturated rings. The Kier molecular flexibility index (Phi) is 18.3. The molecule has 6 amide bonds. The molecule has 0 saturated carbocycles. The molecule has 22 nitrogen and oxygen atoms in total. The van der Waals surface area contributed by atoms with Gasteiger partial charge >= 0.3 is 0 Å². The molecular formula is C53H40FN9O13. The summed E-state index contributed by atoms with van der Waals surface area (Å²) >= 11 is 0. The number of nitro groups is 3. The number of halogens is 1. The first-order chi connectivity index (χ1) is 36.5. The maximum Gasteiger partial charge on any atom is 0.291 e. The maximum absolute atomic E-state index is 13.8. The number of nitrogens with zero attached hydrogens (tertiary/aromatic N) is 3. The van der Waals surface area contributed by atoms with E-state index < -0.39 is 50.1 Å². The fourth-order valence-corrected chi connectivity index (χ4v) is 6.60. The van der Waals surface area contributed by atoms with Crippen molar-refractivity contribution in [1.29, 1.82) is 0 Å². The summed E-state index contributed by atoms with van der Waals surface area (Å²) < 4.78 is 18.8. The molecule has 0 radical (unpaired) electrons. The standard InChI is InChI=1S/C20H14FN3O4.C18H13N3O5.C15H13N3O4/c21-17-9-5-4-8-15(17)19(25)23-18-11-10-14(24(27)28)12-16(18)20(26)22-13-6-2-1-3-7-13;22-17(19-12-5-2-1-3-6-12)14-11-13(21(24)25)8-9-15(14)20-18(23)16-7-4-10-26-16;1-10(19)16-14-8-7-12(18(21)22)9-13(14)15(20)17-11-5-3-2-4-6-11/h1-12H,(H,22,26)(H,23,25);1-11H,(H,19,22)(H,20,23);2-9H,1H3,(H,16,19)(H,17,20). The summed E-state index contributed by atoms with van der Waals surface area (Å²) in [7, 11) is 0. The number of carbonyl (C=O) groups excluding carboxylic acids is 6. The Bertz CT molecular complexity index is 3460. The van der Waals surface area contributed by atoms with Crippen LogP contribution in [0.1, 0.15) is 58.9 Å². The summed E-state index contributed by atoms with van der Waals surface area (Å²) in [5.74, 6) is -4.18. The first kappa shape index (κ1) is 54.1. The number of amides is 6. The highest BCUT2D eigenvalue weighted by Gasteiger charge is 2.23. The Morgan fingerprint density at radius 2 is 0.737 bits per heavy atom. The molecule has 0 atom stereocenters. The number of hydrogen-bond donors (Lipinski definition) is 6. The van der Waals surface area contributed by atoms with Gasteiger partial charge in [-0.05, 0) is 78.9 Å². The van der Waals surface area contributed by atoms with Crippen LogP contribution in [-0.2, 0) is 4.79 Å². The Morgan fingerprint density at radius 3 is 1.08 bits per heavy atom. The van der Waals surface area contributed by atoms with E-state index in [4.69, 9.17) is 4.42 Å². The van der Waals surface area contributed by atoms with E-state index in [2.05, 4.69) is 31.9 Å². The van der Waals surface area contributed by atoms with Crippen molar-refractivity contribution in [1.82, 2.24) is 0 Å². The van der Waals surface area contributed by atoms with E-state index in [-0.39, 0.29) is 68.0 Å². The van der Waals surface area contributed by atoms with E-state index in [9.17, 15) is 63.5 Å². The van der Waals surface area contributed by atoms with Gasteiger partial charge in [-0.1, -0.05) is 66.7 Å². The number of carbonyl (C=O) groups is 6. The molecule has 382 valence electrons. The molecule has 76 heavy (non-hydrogen) atoms. The minimum absolute atomic E-state index is 0.0206. The number of para-hydroxylation sites is 3. The number of anilines is 6. The van der Waals surface area contributed by atoms with E-state index in [1.165, 1.54) is 67.8 Å². The molecule has 7 aromatic carbocycles. The minimum atomic E-state index is -0.777. The summed E-state index contributed by atoms with van der Waals surface area (Å²) in [4.78, 5) is 104. The van der Waals surface area contributed by atoms with E-state index in [0.29, 0.717) is 17.1 Å². The van der Waals surface area contributed by atoms with Crippen molar-refractivity contribution in [2.75, 3.05) is 31.9 Å². The van der Waals surface area contributed by atoms with E-state index in [0.717, 1.165) is 30.3 Å². The molecule has 0 spiro atoms. The fraction of sp³-hybridized carbons (Fsp3) is 0.0189. The Balaban J connectivity index is 0.000000186. The molecule has 0 unspecified atom stereocenters. The van der Waals surface area contributed by atoms with Crippen molar-refractivity contribution in [2.45, 2.75) is 6.92 Å². The highest BCUT2D eigenvalue weighted by molar-refractivity contribution is 6.14. The molecule has 6 N–H and O–H groups in total. The van der Waals surface area contributed by atoms with Gasteiger partial charge in [-0.3, -0.25) is 59.1 Å². The van der Waals surface area contributed by atoms with Crippen LogP contribution in [0.3, 0.4) is 0 Å². The third kappa shape index (κ3) is 15.1. The summed E-state index contributed by atoms with van der Waals surface area (Å²) in [6.07, 6.45) is 1.34. The molecule has 1 heterocycles. The molecule has 8 aromatic rings. The SMILES string of the molecule is CC(=O)Nc1ccc([N+](=O)[O-])cc1C(=O)Nc1ccccc1.O=C(Nc1ccc([N+](=O)[O-])cc1C(=O)Nc1ccccc1)c1ccccc1F.O=C(Nc1ccc([N+](=O)[O-])cc1C(=O)Nc1ccccc1)c1ccco1. The first-order valence-corrected chi connectivity index (χ1v) is 22.1. The topological polar surface area (TPSA) is 317 Å². The lowest BCUT2D eigenvalue weighted by molar-refractivity contribution is -0.385. The van der Waals surface area contributed by atoms with Crippen molar-refractivity contribution in [3.8, 4) is 0 Å². The normalized spacial score (nSPS) is 10.1. The number of benzene rings is 7. The molecule has 1 aromatic heterocycles. The second kappa shape index (κ2) is 25.8. The fourth-order valence-electron chi connectivity index (χ4n) is 6.60. The smallest absolute Gasteiger partial charge is 0.291 e. The number of rotatable bonds is 14. The number of furan rings is 1. The second-order valence-corrected chi connectivity index (χ2v) is 15.5. The predicted molar refractivity (Wildman–Crippen MR) is 278 cm³/mol. The summed E-state index contributed by atoms with van der Waals surface area (Å²) in [6, 6.07) is 44.9. The molecule has 0 saturated heterocycles. The third-order valence-electron chi connectivity index (χ3n) is 10.1. The largest absolute Gasteiger partial charge is 0.459 e. The van der Waals surface area contributed by atoms with Crippen molar-refractivity contribution < 1.29 is 52.3 Å². The third-order valence-corrected chi connectivity index (χ3v) is 10.1. The number of nitrogens with one attached hydrogen (secondary N) is 6. The van der Waals surface area contributed by atoms with Crippen molar-refractivity contribution in [3.63, 3.8) is 0 Å². The Hall–Kier alpha value is -11.2. The van der Waals surface area contributed by atoms with Gasteiger partial charge < -0.3 is 36.3 Å². The van der Waals surface area contributed by atoms with E-state index >= 15 is 0 Å². The van der Waals surface area contributed by atoms with Crippen LogP contribution in [-0.4, -0.2) is 50.2 Å². The lowest BCUT2D eigenvalue weighted by Gasteiger charge is -2.12. The highest BCUT2D eigenvalue weighted by atomic mass is 19.1. The lowest BCUT2D eigenvalue weighted by atomic mass is 10.1. The van der Waals surface area contributed by atoms with E-state index in [1.807, 2.05) is 0 Å². The molecule has 0 aliphatic rings. The van der Waals surface area contributed by atoms with Crippen molar-refractivity contribution in [3.05, 3.63) is 252 Å². The molecule has 0 bridgehead atoms. The van der Waals surface area contributed by atoms with E-state index in [1.54, 1.807) is 97.1 Å². The summed E-state index contributed by atoms with van der Waals surface area (Å²) in [5, 5.41) is 48.3. The zero-order valence-corrected chi connectivity index (χ0v) is 39.4. The van der Waals surface area contributed by atoms with Crippen LogP contribution in [0.2, 0.25) is 0 Å². The van der Waals surface area contributed by atoms with Gasteiger partial charge in [0.15, 0.2) is 5.76 Å². The van der Waals surface area contributed by atoms with Crippen LogP contribution in [0, 0.1) is 36.2 Å². The van der Waals surface area contributed by atoms with Gasteiger partial charge in [0.25, 0.3) is 46.6 Å². The average Bonchev–Trinajstić information content (AvgIpc) is 3.96. The van der Waals surface area contributed by atoms with Crippen LogP contribution >= 0.6 is 0 Å². The second-order valence-electron chi connectivity index (χ2n) is 15.5. The lowest BCUT2D eigenvalue weighted by Crippen LogP contribution is -2.19. The minimum Gasteiger partial charge on any atom is -0.459 e. The van der Waals surface area contributed by atoms with Gasteiger partial charge in [0.05, 0.1) is 60.3 Å². The Morgan fingerprint density at radius 1 is 0.395 bits per heavy atom. The van der Waals surface area contributed by atoms with Gasteiger partial charge in [0.2, 0.25) is 5.91 Å². The average molecular weight is 1030 g/mol. The van der Waals surface area contributed by atoms with Crippen molar-refractivity contribution >= 4 is 86.6 Å². The molecule has 0 aliphatic heterocycles. The van der Waals surface area contributed by atoms with Crippen LogP contribution in [0.15, 0.2) is 193 Å². The number of nitro benzene ring substituents is 3. The number of hydrogen-bond acceptors (Lipinski definition) is 13. The van der Waals surface area contributed by atoms with Crippen LogP contribution in [0.5, 0.6) is 0 Å². The summed E-state index contributed by atoms with van der Waals surface area (Å²) in [6.45, 7) is 1.29. The molecular weight excluding hydrogens is 990 g/mol.